The van der Waals surface area contributed by atoms with E-state index in [0.717, 1.165) is 26.1 Å². The van der Waals surface area contributed by atoms with Crippen LogP contribution in [0, 0.1) is 0 Å². The molecular formula is C12H24N2O. The van der Waals surface area contributed by atoms with Gasteiger partial charge in [0.15, 0.2) is 0 Å². The Morgan fingerprint density at radius 2 is 1.87 bits per heavy atom. The van der Waals surface area contributed by atoms with Gasteiger partial charge in [-0.3, -0.25) is 4.90 Å². The fourth-order valence-corrected chi connectivity index (χ4v) is 2.90. The molecule has 1 unspecified atom stereocenters. The molecule has 15 heavy (non-hydrogen) atoms. The average molecular weight is 212 g/mol. The number of hydrogen-bond acceptors (Lipinski definition) is 3. The van der Waals surface area contributed by atoms with Gasteiger partial charge >= 0.3 is 0 Å². The van der Waals surface area contributed by atoms with Crippen molar-refractivity contribution >= 4 is 0 Å². The molecule has 0 aromatic rings. The molecule has 0 spiro atoms. The van der Waals surface area contributed by atoms with Gasteiger partial charge in [0, 0.05) is 31.7 Å². The summed E-state index contributed by atoms with van der Waals surface area (Å²) in [4.78, 5) is 4.92. The summed E-state index contributed by atoms with van der Waals surface area (Å²) in [6, 6.07) is 1.07. The first kappa shape index (κ1) is 11.4. The molecule has 0 bridgehead atoms. The van der Waals surface area contributed by atoms with E-state index in [1.807, 2.05) is 0 Å². The third-order valence-corrected chi connectivity index (χ3v) is 4.15. The lowest BCUT2D eigenvalue weighted by Gasteiger charge is -2.44. The van der Waals surface area contributed by atoms with Crippen LogP contribution in [0.3, 0.4) is 0 Å². The maximum absolute atomic E-state index is 10.0. The molecule has 88 valence electrons. The van der Waals surface area contributed by atoms with Crippen LogP contribution in [0.1, 0.15) is 32.6 Å². The zero-order chi connectivity index (χ0) is 10.8. The molecule has 2 rings (SSSR count). The van der Waals surface area contributed by atoms with Crippen LogP contribution in [0.5, 0.6) is 0 Å². The zero-order valence-electron chi connectivity index (χ0n) is 10.0. The van der Waals surface area contributed by atoms with Crippen LogP contribution in [0.15, 0.2) is 0 Å². The third-order valence-electron chi connectivity index (χ3n) is 4.15. The van der Waals surface area contributed by atoms with Crippen molar-refractivity contribution < 1.29 is 5.11 Å². The van der Waals surface area contributed by atoms with Gasteiger partial charge in [-0.15, -0.1) is 0 Å². The monoisotopic (exact) mass is 212 g/mol. The summed E-state index contributed by atoms with van der Waals surface area (Å²) in [7, 11) is 2.19. The molecule has 3 atom stereocenters. The molecule has 0 amide bonds. The van der Waals surface area contributed by atoms with Crippen LogP contribution < -0.4 is 0 Å². The average Bonchev–Trinajstić information content (AvgIpc) is 2.23. The standard InChI is InChI=1S/C12H24N2O/c1-10-9-14(8-7-13(10)2)11-5-3-4-6-12(11)15/h10-12,15H,3-9H2,1-2H3/t10?,11-,12-/m1/s1. The van der Waals surface area contributed by atoms with E-state index >= 15 is 0 Å². The van der Waals surface area contributed by atoms with E-state index in [2.05, 4.69) is 23.8 Å². The molecule has 3 nitrogen and oxygen atoms in total. The Morgan fingerprint density at radius 1 is 1.13 bits per heavy atom. The molecule has 0 radical (unpaired) electrons. The van der Waals surface area contributed by atoms with Crippen molar-refractivity contribution in [2.45, 2.75) is 50.8 Å². The Morgan fingerprint density at radius 3 is 2.53 bits per heavy atom. The lowest BCUT2D eigenvalue weighted by Crippen LogP contribution is -2.56. The second-order valence-electron chi connectivity index (χ2n) is 5.24. The Bertz CT molecular complexity index is 210. The van der Waals surface area contributed by atoms with Crippen LogP contribution >= 0.6 is 0 Å². The molecule has 2 fully saturated rings. The van der Waals surface area contributed by atoms with Crippen LogP contribution in [-0.4, -0.2) is 59.8 Å². The Hall–Kier alpha value is -0.120. The summed E-state index contributed by atoms with van der Waals surface area (Å²) < 4.78 is 0. The normalized spacial score (nSPS) is 40.6. The fraction of sp³-hybridized carbons (Fsp3) is 1.00. The fourth-order valence-electron chi connectivity index (χ4n) is 2.90. The summed E-state index contributed by atoms with van der Waals surface area (Å²) in [5.41, 5.74) is 0. The quantitative estimate of drug-likeness (QED) is 0.700. The van der Waals surface area contributed by atoms with Crippen LogP contribution in [0.2, 0.25) is 0 Å². The number of piperazine rings is 1. The van der Waals surface area contributed by atoms with E-state index in [1.165, 1.54) is 19.3 Å². The molecule has 1 saturated heterocycles. The first-order valence-electron chi connectivity index (χ1n) is 6.31. The zero-order valence-corrected chi connectivity index (χ0v) is 10.0. The van der Waals surface area contributed by atoms with Crippen molar-refractivity contribution in [3.05, 3.63) is 0 Å². The van der Waals surface area contributed by atoms with Gasteiger partial charge in [-0.1, -0.05) is 12.8 Å². The van der Waals surface area contributed by atoms with E-state index in [9.17, 15) is 5.11 Å². The Balaban J connectivity index is 1.92. The largest absolute Gasteiger partial charge is 0.391 e. The van der Waals surface area contributed by atoms with Gasteiger partial charge in [0.2, 0.25) is 0 Å². The molecule has 1 N–H and O–H groups in total. The summed E-state index contributed by atoms with van der Waals surface area (Å²) in [6.45, 7) is 5.67. The molecule has 1 aliphatic carbocycles. The van der Waals surface area contributed by atoms with Crippen LogP contribution in [0.4, 0.5) is 0 Å². The van der Waals surface area contributed by atoms with Gasteiger partial charge in [0.05, 0.1) is 6.10 Å². The SMILES string of the molecule is CC1CN([C@@H]2CCCC[C@H]2O)CCN1C. The van der Waals surface area contributed by atoms with E-state index in [4.69, 9.17) is 0 Å². The molecular weight excluding hydrogens is 188 g/mol. The Labute approximate surface area is 93.1 Å². The third kappa shape index (κ3) is 2.52. The van der Waals surface area contributed by atoms with E-state index in [0.29, 0.717) is 12.1 Å². The van der Waals surface area contributed by atoms with Gasteiger partial charge in [-0.2, -0.15) is 0 Å². The summed E-state index contributed by atoms with van der Waals surface area (Å²) >= 11 is 0. The number of aliphatic hydroxyl groups is 1. The van der Waals surface area contributed by atoms with Crippen molar-refractivity contribution in [1.82, 2.24) is 9.80 Å². The highest BCUT2D eigenvalue weighted by Gasteiger charge is 2.32. The van der Waals surface area contributed by atoms with Crippen molar-refractivity contribution in [2.75, 3.05) is 26.7 Å². The number of nitrogens with zero attached hydrogens (tertiary/aromatic N) is 2. The maximum atomic E-state index is 10.0. The highest BCUT2D eigenvalue weighted by atomic mass is 16.3. The van der Waals surface area contributed by atoms with Crippen LogP contribution in [0.25, 0.3) is 0 Å². The molecule has 1 saturated carbocycles. The number of aliphatic hydroxyl groups excluding tert-OH is 1. The molecule has 0 aromatic heterocycles. The summed E-state index contributed by atoms with van der Waals surface area (Å²) in [5, 5.41) is 10.0. The highest BCUT2D eigenvalue weighted by molar-refractivity contribution is 4.87. The molecule has 0 aromatic carbocycles. The second kappa shape index (κ2) is 4.81. The number of hydrogen-bond donors (Lipinski definition) is 1. The van der Waals surface area contributed by atoms with E-state index in [-0.39, 0.29) is 6.10 Å². The highest BCUT2D eigenvalue weighted by Crippen LogP contribution is 2.24. The van der Waals surface area contributed by atoms with Crippen LogP contribution in [-0.2, 0) is 0 Å². The smallest absolute Gasteiger partial charge is 0.0695 e. The first-order chi connectivity index (χ1) is 7.18. The number of likely N-dealkylation sites (N-methyl/N-ethyl adjacent to an activating group) is 1. The molecule has 1 aliphatic heterocycles. The van der Waals surface area contributed by atoms with Gasteiger partial charge in [-0.05, 0) is 26.8 Å². The lowest BCUT2D eigenvalue weighted by molar-refractivity contribution is -0.0132. The topological polar surface area (TPSA) is 26.7 Å². The van der Waals surface area contributed by atoms with Gasteiger partial charge in [-0.25, -0.2) is 0 Å². The second-order valence-corrected chi connectivity index (χ2v) is 5.24. The van der Waals surface area contributed by atoms with Crippen molar-refractivity contribution in [3.63, 3.8) is 0 Å². The summed E-state index contributed by atoms with van der Waals surface area (Å²) in [6.07, 6.45) is 4.63. The predicted molar refractivity (Wildman–Crippen MR) is 61.9 cm³/mol. The predicted octanol–water partition coefficient (Wildman–Crippen LogP) is 0.926. The summed E-state index contributed by atoms with van der Waals surface area (Å²) in [5.74, 6) is 0. The maximum Gasteiger partial charge on any atom is 0.0695 e. The minimum absolute atomic E-state index is 0.0747. The molecule has 1 heterocycles. The van der Waals surface area contributed by atoms with Gasteiger partial charge in [0.1, 0.15) is 0 Å². The first-order valence-corrected chi connectivity index (χ1v) is 6.31. The number of rotatable bonds is 1. The molecule has 2 aliphatic rings. The lowest BCUT2D eigenvalue weighted by atomic mass is 9.90. The van der Waals surface area contributed by atoms with Gasteiger partial charge in [0.25, 0.3) is 0 Å². The van der Waals surface area contributed by atoms with E-state index in [1.54, 1.807) is 0 Å². The van der Waals surface area contributed by atoms with Crippen molar-refractivity contribution in [2.24, 2.45) is 0 Å². The van der Waals surface area contributed by atoms with Gasteiger partial charge < -0.3 is 10.0 Å². The van der Waals surface area contributed by atoms with Crippen molar-refractivity contribution in [3.8, 4) is 0 Å². The molecule has 3 heteroatoms. The minimum Gasteiger partial charge on any atom is -0.391 e. The minimum atomic E-state index is -0.0747. The van der Waals surface area contributed by atoms with E-state index < -0.39 is 0 Å². The van der Waals surface area contributed by atoms with Crippen molar-refractivity contribution in [1.29, 1.82) is 0 Å². The Kier molecular flexibility index (Phi) is 3.65.